The molecule has 4 heteroatoms. The number of nitriles is 2. The number of rotatable bonds is 3. The lowest BCUT2D eigenvalue weighted by atomic mass is 10.0. The first-order chi connectivity index (χ1) is 11.7. The van der Waals surface area contributed by atoms with Crippen LogP contribution in [0.15, 0.2) is 65.1 Å². The zero-order chi connectivity index (χ0) is 16.9. The van der Waals surface area contributed by atoms with Gasteiger partial charge in [0, 0.05) is 5.56 Å². The third-order valence-corrected chi connectivity index (χ3v) is 3.49. The molecule has 114 valence electrons. The maximum Gasteiger partial charge on any atom is 0.134 e. The van der Waals surface area contributed by atoms with Crippen LogP contribution in [0.1, 0.15) is 16.9 Å². The van der Waals surface area contributed by atoms with Crippen LogP contribution in [-0.4, -0.2) is 0 Å². The molecule has 0 radical (unpaired) electrons. The Morgan fingerprint density at radius 1 is 0.917 bits per heavy atom. The van der Waals surface area contributed by atoms with E-state index in [4.69, 9.17) is 9.68 Å². The van der Waals surface area contributed by atoms with Gasteiger partial charge < -0.3 is 4.42 Å². The van der Waals surface area contributed by atoms with Crippen molar-refractivity contribution in [3.05, 3.63) is 83.4 Å². The van der Waals surface area contributed by atoms with Crippen molar-refractivity contribution >= 4 is 11.6 Å². The van der Waals surface area contributed by atoms with E-state index in [1.54, 1.807) is 54.6 Å². The normalized spacial score (nSPS) is 10.9. The lowest BCUT2D eigenvalue weighted by Crippen LogP contribution is -1.82. The number of furan rings is 1. The van der Waals surface area contributed by atoms with Gasteiger partial charge in [-0.05, 0) is 60.2 Å². The Bertz CT molecular complexity index is 968. The molecule has 0 aliphatic heterocycles. The van der Waals surface area contributed by atoms with Gasteiger partial charge in [-0.3, -0.25) is 0 Å². The highest BCUT2D eigenvalue weighted by atomic mass is 19.1. The largest absolute Gasteiger partial charge is 0.457 e. The molecule has 1 aromatic heterocycles. The number of hydrogen-bond acceptors (Lipinski definition) is 3. The third kappa shape index (κ3) is 3.24. The zero-order valence-electron chi connectivity index (χ0n) is 12.5. The monoisotopic (exact) mass is 314 g/mol. The smallest absolute Gasteiger partial charge is 0.134 e. The average molecular weight is 314 g/mol. The number of nitrogens with zero attached hydrogens (tertiary/aromatic N) is 2. The van der Waals surface area contributed by atoms with E-state index in [0.717, 1.165) is 5.56 Å². The number of hydrogen-bond donors (Lipinski definition) is 0. The lowest BCUT2D eigenvalue weighted by molar-refractivity contribution is 0.571. The Morgan fingerprint density at radius 2 is 1.62 bits per heavy atom. The summed E-state index contributed by atoms with van der Waals surface area (Å²) in [5, 5.41) is 18.2. The molecule has 24 heavy (non-hydrogen) atoms. The van der Waals surface area contributed by atoms with Gasteiger partial charge in [-0.2, -0.15) is 10.5 Å². The van der Waals surface area contributed by atoms with E-state index < -0.39 is 0 Å². The Hall–Kier alpha value is -3.63. The number of benzene rings is 2. The van der Waals surface area contributed by atoms with Gasteiger partial charge in [0.1, 0.15) is 17.3 Å². The molecule has 1 heterocycles. The van der Waals surface area contributed by atoms with Gasteiger partial charge in [-0.1, -0.05) is 12.1 Å². The molecule has 0 aliphatic rings. The Labute approximate surface area is 138 Å². The van der Waals surface area contributed by atoms with Crippen LogP contribution in [0.4, 0.5) is 4.39 Å². The second-order valence-corrected chi connectivity index (χ2v) is 5.07. The highest BCUT2D eigenvalue weighted by Crippen LogP contribution is 2.25. The molecule has 3 nitrogen and oxygen atoms in total. The van der Waals surface area contributed by atoms with E-state index in [1.165, 1.54) is 12.1 Å². The van der Waals surface area contributed by atoms with Gasteiger partial charge in [0.05, 0.1) is 23.3 Å². The highest BCUT2D eigenvalue weighted by Gasteiger charge is 2.06. The SMILES string of the molecule is N#C/C(=C/c1ccc(-c2ccc(F)cc2)o1)c1ccc(C#N)cc1. The summed E-state index contributed by atoms with van der Waals surface area (Å²) in [7, 11) is 0. The van der Waals surface area contributed by atoms with Crippen LogP contribution in [0.3, 0.4) is 0 Å². The first-order valence-corrected chi connectivity index (χ1v) is 7.18. The molecule has 0 N–H and O–H groups in total. The molecule has 0 spiro atoms. The fourth-order valence-electron chi connectivity index (χ4n) is 2.25. The van der Waals surface area contributed by atoms with Crippen molar-refractivity contribution in [2.45, 2.75) is 0 Å². The zero-order valence-corrected chi connectivity index (χ0v) is 12.5. The van der Waals surface area contributed by atoms with E-state index in [1.807, 2.05) is 6.07 Å². The third-order valence-electron chi connectivity index (χ3n) is 3.49. The number of allylic oxidation sites excluding steroid dienone is 1. The Kier molecular flexibility index (Phi) is 4.23. The maximum atomic E-state index is 13.0. The summed E-state index contributed by atoms with van der Waals surface area (Å²) < 4.78 is 18.7. The Morgan fingerprint density at radius 3 is 2.25 bits per heavy atom. The van der Waals surface area contributed by atoms with E-state index in [9.17, 15) is 9.65 Å². The minimum absolute atomic E-state index is 0.307. The molecule has 0 unspecified atom stereocenters. The summed E-state index contributed by atoms with van der Waals surface area (Å²) in [4.78, 5) is 0. The van der Waals surface area contributed by atoms with Crippen LogP contribution in [0, 0.1) is 28.5 Å². The maximum absolute atomic E-state index is 13.0. The highest BCUT2D eigenvalue weighted by molar-refractivity contribution is 5.89. The van der Waals surface area contributed by atoms with Gasteiger partial charge in [-0.15, -0.1) is 0 Å². The summed E-state index contributed by atoms with van der Waals surface area (Å²) in [6.07, 6.45) is 1.63. The van der Waals surface area contributed by atoms with Crippen molar-refractivity contribution in [2.24, 2.45) is 0 Å². The van der Waals surface area contributed by atoms with Crippen LogP contribution >= 0.6 is 0 Å². The molecule has 0 fully saturated rings. The van der Waals surface area contributed by atoms with Crippen molar-refractivity contribution < 1.29 is 8.81 Å². The second kappa shape index (κ2) is 6.64. The fourth-order valence-corrected chi connectivity index (χ4v) is 2.25. The van der Waals surface area contributed by atoms with Gasteiger partial charge in [-0.25, -0.2) is 4.39 Å². The standard InChI is InChI=1S/C20H11FN2O/c21-18-7-5-16(6-8-18)20-10-9-19(24-20)11-17(13-23)15-3-1-14(12-22)2-4-15/h1-11H/b17-11-. The van der Waals surface area contributed by atoms with Crippen LogP contribution in [0.2, 0.25) is 0 Å². The minimum Gasteiger partial charge on any atom is -0.457 e. The summed E-state index contributed by atoms with van der Waals surface area (Å²) >= 11 is 0. The van der Waals surface area contributed by atoms with Crippen LogP contribution in [0.5, 0.6) is 0 Å². The predicted molar refractivity (Wildman–Crippen MR) is 88.7 cm³/mol. The Balaban J connectivity index is 1.90. The topological polar surface area (TPSA) is 60.7 Å². The summed E-state index contributed by atoms with van der Waals surface area (Å²) in [6.45, 7) is 0. The molecule has 3 aromatic rings. The second-order valence-electron chi connectivity index (χ2n) is 5.07. The predicted octanol–water partition coefficient (Wildman–Crippen LogP) is 5.02. The van der Waals surface area contributed by atoms with E-state index >= 15 is 0 Å². The molecule has 3 rings (SSSR count). The summed E-state index contributed by atoms with van der Waals surface area (Å²) in [5.41, 5.74) is 2.43. The van der Waals surface area contributed by atoms with Gasteiger partial charge >= 0.3 is 0 Å². The average Bonchev–Trinajstić information content (AvgIpc) is 3.09. The van der Waals surface area contributed by atoms with Crippen molar-refractivity contribution in [3.63, 3.8) is 0 Å². The van der Waals surface area contributed by atoms with Crippen molar-refractivity contribution in [3.8, 4) is 23.5 Å². The van der Waals surface area contributed by atoms with Crippen LogP contribution < -0.4 is 0 Å². The van der Waals surface area contributed by atoms with Crippen molar-refractivity contribution in [1.29, 1.82) is 10.5 Å². The van der Waals surface area contributed by atoms with E-state index in [-0.39, 0.29) is 5.82 Å². The molecule has 0 amide bonds. The van der Waals surface area contributed by atoms with E-state index in [2.05, 4.69) is 6.07 Å². The van der Waals surface area contributed by atoms with Gasteiger partial charge in [0.15, 0.2) is 0 Å². The molecular weight excluding hydrogens is 303 g/mol. The molecule has 0 bridgehead atoms. The molecule has 2 aromatic carbocycles. The first kappa shape index (κ1) is 15.3. The van der Waals surface area contributed by atoms with Crippen molar-refractivity contribution in [1.82, 2.24) is 0 Å². The van der Waals surface area contributed by atoms with Gasteiger partial charge in [0.2, 0.25) is 0 Å². The number of halogens is 1. The first-order valence-electron chi connectivity index (χ1n) is 7.18. The molecule has 0 atom stereocenters. The van der Waals surface area contributed by atoms with Crippen LogP contribution in [-0.2, 0) is 0 Å². The quantitative estimate of drug-likeness (QED) is 0.638. The molecule has 0 saturated carbocycles. The molecule has 0 saturated heterocycles. The van der Waals surface area contributed by atoms with E-state index in [0.29, 0.717) is 28.2 Å². The molecule has 0 aliphatic carbocycles. The lowest BCUT2D eigenvalue weighted by Gasteiger charge is -1.99. The fraction of sp³-hybridized carbons (Fsp3) is 0. The summed E-state index contributed by atoms with van der Waals surface area (Å²) in [6, 6.07) is 20.4. The molecular formula is C20H11FN2O. The van der Waals surface area contributed by atoms with Crippen molar-refractivity contribution in [2.75, 3.05) is 0 Å². The summed E-state index contributed by atoms with van der Waals surface area (Å²) in [5.74, 6) is 0.812. The van der Waals surface area contributed by atoms with Crippen LogP contribution in [0.25, 0.3) is 23.0 Å². The minimum atomic E-state index is -0.307. The van der Waals surface area contributed by atoms with Gasteiger partial charge in [0.25, 0.3) is 0 Å².